The first kappa shape index (κ1) is 22.3. The van der Waals surface area contributed by atoms with Gasteiger partial charge in [0.1, 0.15) is 12.4 Å². The highest BCUT2D eigenvalue weighted by Crippen LogP contribution is 2.44. The monoisotopic (exact) mass is 434 g/mol. The summed E-state index contributed by atoms with van der Waals surface area (Å²) in [5, 5.41) is -0.565. The zero-order valence-corrected chi connectivity index (χ0v) is 18.8. The van der Waals surface area contributed by atoms with E-state index < -0.39 is 29.5 Å². The molecule has 1 aromatic carbocycles. The van der Waals surface area contributed by atoms with Crippen LogP contribution in [-0.4, -0.2) is 47.3 Å². The normalized spacial score (nSPS) is 21.9. The Morgan fingerprint density at radius 1 is 1.33 bits per heavy atom. The van der Waals surface area contributed by atoms with Gasteiger partial charge in [-0.3, -0.25) is 19.3 Å². The van der Waals surface area contributed by atoms with E-state index in [9.17, 15) is 18.8 Å². The summed E-state index contributed by atoms with van der Waals surface area (Å²) < 4.78 is 19.8. The first-order chi connectivity index (χ1) is 14.1. The van der Waals surface area contributed by atoms with Crippen molar-refractivity contribution in [3.05, 3.63) is 34.0 Å². The van der Waals surface area contributed by atoms with Crippen molar-refractivity contribution in [2.75, 3.05) is 24.6 Å². The van der Waals surface area contributed by atoms with E-state index in [1.54, 1.807) is 13.0 Å². The summed E-state index contributed by atoms with van der Waals surface area (Å²) >= 11 is 0.702. The van der Waals surface area contributed by atoms with Crippen molar-refractivity contribution >= 4 is 40.6 Å². The van der Waals surface area contributed by atoms with Crippen molar-refractivity contribution in [3.8, 4) is 0 Å². The second kappa shape index (κ2) is 8.41. The van der Waals surface area contributed by atoms with Crippen molar-refractivity contribution < 1.29 is 23.5 Å². The van der Waals surface area contributed by atoms with Gasteiger partial charge in [0.25, 0.3) is 11.1 Å². The highest BCUT2D eigenvalue weighted by molar-refractivity contribution is 8.18. The van der Waals surface area contributed by atoms with Gasteiger partial charge in [-0.25, -0.2) is 4.39 Å². The Bertz CT molecular complexity index is 928. The van der Waals surface area contributed by atoms with Crippen molar-refractivity contribution in [3.63, 3.8) is 0 Å². The molecular weight excluding hydrogens is 407 g/mol. The summed E-state index contributed by atoms with van der Waals surface area (Å²) in [7, 11) is 0. The van der Waals surface area contributed by atoms with Crippen LogP contribution < -0.4 is 4.90 Å². The number of rotatable bonds is 5. The number of carbonyl (C=O) groups excluding carboxylic acids is 3. The molecule has 1 unspecified atom stereocenters. The molecule has 2 aliphatic rings. The Hall–Kier alpha value is -2.35. The number of benzene rings is 1. The van der Waals surface area contributed by atoms with Gasteiger partial charge in [0.05, 0.1) is 11.5 Å². The van der Waals surface area contributed by atoms with E-state index in [1.807, 2.05) is 6.92 Å². The minimum Gasteiger partial charge on any atom is -0.465 e. The molecule has 1 saturated heterocycles. The SMILES string of the molecule is CCOC(=O)CN1C(=O)S/C(=C\c2cc3c(cc2F)N(CC)C(C)(C)CC3C)C1=O. The Labute approximate surface area is 180 Å². The molecule has 8 heteroatoms. The van der Waals surface area contributed by atoms with Gasteiger partial charge < -0.3 is 9.64 Å². The molecule has 0 spiro atoms. The number of esters is 1. The Balaban J connectivity index is 1.94. The maximum atomic E-state index is 15.0. The number of hydrogen-bond acceptors (Lipinski definition) is 6. The van der Waals surface area contributed by atoms with Gasteiger partial charge >= 0.3 is 5.97 Å². The van der Waals surface area contributed by atoms with Crippen LogP contribution in [0.2, 0.25) is 0 Å². The molecule has 2 heterocycles. The van der Waals surface area contributed by atoms with Gasteiger partial charge in [-0.2, -0.15) is 0 Å². The molecule has 6 nitrogen and oxygen atoms in total. The Kier molecular flexibility index (Phi) is 6.26. The summed E-state index contributed by atoms with van der Waals surface area (Å²) in [6.45, 7) is 10.6. The fraction of sp³-hybridized carbons (Fsp3) is 0.500. The van der Waals surface area contributed by atoms with Crippen molar-refractivity contribution in [1.82, 2.24) is 4.90 Å². The molecule has 2 aliphatic heterocycles. The second-order valence-electron chi connectivity index (χ2n) is 8.17. The lowest BCUT2D eigenvalue weighted by molar-refractivity contribution is -0.145. The van der Waals surface area contributed by atoms with Crippen LogP contribution in [-0.2, 0) is 14.3 Å². The zero-order chi connectivity index (χ0) is 22.2. The minimum atomic E-state index is -0.655. The van der Waals surface area contributed by atoms with Crippen LogP contribution in [0.4, 0.5) is 14.9 Å². The summed E-state index contributed by atoms with van der Waals surface area (Å²) in [4.78, 5) is 39.5. The maximum Gasteiger partial charge on any atom is 0.326 e. The number of anilines is 1. The number of amides is 2. The van der Waals surface area contributed by atoms with E-state index in [0.29, 0.717) is 11.8 Å². The molecule has 3 rings (SSSR count). The Morgan fingerprint density at radius 2 is 2.03 bits per heavy atom. The lowest BCUT2D eigenvalue weighted by Crippen LogP contribution is -2.48. The molecule has 30 heavy (non-hydrogen) atoms. The van der Waals surface area contributed by atoms with E-state index in [0.717, 1.165) is 29.1 Å². The van der Waals surface area contributed by atoms with E-state index in [2.05, 4.69) is 25.7 Å². The number of nitrogens with zero attached hydrogens (tertiary/aromatic N) is 2. The molecular formula is C22H27FN2O4S. The summed E-state index contributed by atoms with van der Waals surface area (Å²) in [6, 6.07) is 3.29. The summed E-state index contributed by atoms with van der Waals surface area (Å²) in [5.41, 5.74) is 2.07. The van der Waals surface area contributed by atoms with Crippen LogP contribution in [0.5, 0.6) is 0 Å². The second-order valence-corrected chi connectivity index (χ2v) is 9.16. The number of ether oxygens (including phenoxy) is 1. The predicted molar refractivity (Wildman–Crippen MR) is 116 cm³/mol. The van der Waals surface area contributed by atoms with E-state index in [-0.39, 0.29) is 28.5 Å². The average Bonchev–Trinajstić information content (AvgIpc) is 2.90. The van der Waals surface area contributed by atoms with Crippen molar-refractivity contribution in [2.45, 2.75) is 52.5 Å². The standard InChI is InChI=1S/C22H27FN2O4S/c1-6-25-17-10-16(23)14(8-15(17)13(3)11-22(25,4)5)9-18-20(27)24(21(28)30-18)12-19(26)29-7-2/h8-10,13H,6-7,11-12H2,1-5H3/b18-9-. The fourth-order valence-corrected chi connectivity index (χ4v) is 5.17. The van der Waals surface area contributed by atoms with E-state index in [1.165, 1.54) is 12.1 Å². The third kappa shape index (κ3) is 4.10. The molecule has 0 aromatic heterocycles. The summed E-state index contributed by atoms with van der Waals surface area (Å²) in [6.07, 6.45) is 2.32. The third-order valence-electron chi connectivity index (χ3n) is 5.57. The first-order valence-corrected chi connectivity index (χ1v) is 10.9. The van der Waals surface area contributed by atoms with Gasteiger partial charge in [0.2, 0.25) is 0 Å². The number of hydrogen-bond donors (Lipinski definition) is 0. The van der Waals surface area contributed by atoms with Crippen LogP contribution in [0.1, 0.15) is 58.1 Å². The maximum absolute atomic E-state index is 15.0. The van der Waals surface area contributed by atoms with E-state index >= 15 is 0 Å². The lowest BCUT2D eigenvalue weighted by atomic mass is 9.79. The predicted octanol–water partition coefficient (Wildman–Crippen LogP) is 4.54. The van der Waals surface area contributed by atoms with Gasteiger partial charge in [-0.05, 0) is 75.6 Å². The molecule has 0 bridgehead atoms. The van der Waals surface area contributed by atoms with Crippen LogP contribution in [0, 0.1) is 5.82 Å². The molecule has 162 valence electrons. The average molecular weight is 435 g/mol. The highest BCUT2D eigenvalue weighted by atomic mass is 32.2. The van der Waals surface area contributed by atoms with Crippen molar-refractivity contribution in [1.29, 1.82) is 0 Å². The molecule has 0 radical (unpaired) electrons. The number of carbonyl (C=O) groups is 3. The zero-order valence-electron chi connectivity index (χ0n) is 18.0. The van der Waals surface area contributed by atoms with Crippen LogP contribution in [0.3, 0.4) is 0 Å². The molecule has 0 aliphatic carbocycles. The minimum absolute atomic E-state index is 0.0785. The number of imide groups is 1. The summed E-state index contributed by atoms with van der Waals surface area (Å²) in [5.74, 6) is -1.49. The highest BCUT2D eigenvalue weighted by Gasteiger charge is 2.38. The third-order valence-corrected chi connectivity index (χ3v) is 6.48. The molecule has 0 N–H and O–H groups in total. The van der Waals surface area contributed by atoms with Crippen molar-refractivity contribution in [2.24, 2.45) is 0 Å². The van der Waals surface area contributed by atoms with Gasteiger partial charge in [0.15, 0.2) is 0 Å². The molecule has 1 atom stereocenters. The van der Waals surface area contributed by atoms with Gasteiger partial charge in [-0.1, -0.05) is 6.92 Å². The Morgan fingerprint density at radius 3 is 2.67 bits per heavy atom. The largest absolute Gasteiger partial charge is 0.465 e. The first-order valence-electron chi connectivity index (χ1n) is 10.1. The van der Waals surface area contributed by atoms with Gasteiger partial charge in [-0.15, -0.1) is 0 Å². The molecule has 1 fully saturated rings. The van der Waals surface area contributed by atoms with Gasteiger partial charge in [0, 0.05) is 23.3 Å². The van der Waals surface area contributed by atoms with Crippen LogP contribution >= 0.6 is 11.8 Å². The lowest BCUT2D eigenvalue weighted by Gasteiger charge is -2.47. The number of thioether (sulfide) groups is 1. The number of fused-ring (bicyclic) bond motifs is 1. The molecule has 0 saturated carbocycles. The fourth-order valence-electron chi connectivity index (χ4n) is 4.34. The van der Waals surface area contributed by atoms with Crippen LogP contribution in [0.25, 0.3) is 6.08 Å². The number of halogens is 1. The molecule has 2 amide bonds. The molecule has 1 aromatic rings. The quantitative estimate of drug-likeness (QED) is 0.501. The topological polar surface area (TPSA) is 66.9 Å². The van der Waals surface area contributed by atoms with E-state index in [4.69, 9.17) is 4.74 Å². The smallest absolute Gasteiger partial charge is 0.326 e. The van der Waals surface area contributed by atoms with Crippen LogP contribution in [0.15, 0.2) is 17.0 Å².